The first-order valence-electron chi connectivity index (χ1n) is 8.35. The highest BCUT2D eigenvalue weighted by molar-refractivity contribution is 5.83. The van der Waals surface area contributed by atoms with Crippen molar-refractivity contribution < 1.29 is 9.53 Å². The first kappa shape index (κ1) is 15.1. The molecule has 2 N–H and O–H groups in total. The lowest BCUT2D eigenvalue weighted by Gasteiger charge is -2.35. The van der Waals surface area contributed by atoms with Gasteiger partial charge in [-0.15, -0.1) is 0 Å². The number of nitrogens with zero attached hydrogens (tertiary/aromatic N) is 2. The topological polar surface area (TPSA) is 91.1 Å². The van der Waals surface area contributed by atoms with E-state index in [1.165, 1.54) is 5.56 Å². The van der Waals surface area contributed by atoms with Crippen molar-refractivity contribution in [2.24, 2.45) is 0 Å². The second-order valence-electron chi connectivity index (χ2n) is 6.39. The van der Waals surface area contributed by atoms with E-state index in [1.807, 2.05) is 23.1 Å². The van der Waals surface area contributed by atoms with Gasteiger partial charge in [-0.1, -0.05) is 24.3 Å². The number of H-pyrrole nitrogens is 2. The van der Waals surface area contributed by atoms with Crippen molar-refractivity contribution in [2.45, 2.75) is 31.3 Å². The summed E-state index contributed by atoms with van der Waals surface area (Å²) in [5.74, 6) is 0.688. The quantitative estimate of drug-likeness (QED) is 0.864. The van der Waals surface area contributed by atoms with Crippen molar-refractivity contribution in [3.8, 4) is 0 Å². The zero-order valence-corrected chi connectivity index (χ0v) is 13.3. The molecular weight excluding hydrogens is 308 g/mol. The van der Waals surface area contributed by atoms with Gasteiger partial charge in [-0.25, -0.2) is 9.89 Å². The SMILES string of the molecule is O=C(C1OCCc2ccccc21)N1CCCC(c2n[nH]c(=O)[nH]2)C1. The molecule has 2 unspecified atom stereocenters. The van der Waals surface area contributed by atoms with Gasteiger partial charge in [0.05, 0.1) is 6.61 Å². The van der Waals surface area contributed by atoms with Crippen LogP contribution in [0.15, 0.2) is 29.1 Å². The van der Waals surface area contributed by atoms with Crippen LogP contribution in [0.2, 0.25) is 0 Å². The fourth-order valence-corrected chi connectivity index (χ4v) is 3.64. The third-order valence-electron chi connectivity index (χ3n) is 4.86. The van der Waals surface area contributed by atoms with Gasteiger partial charge < -0.3 is 9.64 Å². The fourth-order valence-electron chi connectivity index (χ4n) is 3.64. The van der Waals surface area contributed by atoms with Gasteiger partial charge in [0.2, 0.25) is 0 Å². The Balaban J connectivity index is 1.53. The number of rotatable bonds is 2. The van der Waals surface area contributed by atoms with Gasteiger partial charge in [0.15, 0.2) is 6.10 Å². The van der Waals surface area contributed by atoms with Gasteiger partial charge in [-0.3, -0.25) is 9.78 Å². The molecule has 2 aliphatic rings. The first-order chi connectivity index (χ1) is 11.7. The number of benzene rings is 1. The van der Waals surface area contributed by atoms with E-state index in [0.717, 1.165) is 24.8 Å². The Morgan fingerprint density at radius 3 is 3.04 bits per heavy atom. The molecule has 1 aromatic heterocycles. The van der Waals surface area contributed by atoms with Crippen LogP contribution in [0.5, 0.6) is 0 Å². The molecule has 1 aromatic carbocycles. The molecule has 1 fully saturated rings. The molecule has 0 bridgehead atoms. The number of carbonyl (C=O) groups is 1. The number of aromatic nitrogens is 3. The largest absolute Gasteiger partial charge is 0.363 e. The predicted octanol–water partition coefficient (Wildman–Crippen LogP) is 1.12. The average Bonchev–Trinajstić information content (AvgIpc) is 3.07. The lowest BCUT2D eigenvalue weighted by molar-refractivity contribution is -0.146. The minimum atomic E-state index is -0.521. The lowest BCUT2D eigenvalue weighted by atomic mass is 9.94. The summed E-state index contributed by atoms with van der Waals surface area (Å²) >= 11 is 0. The van der Waals surface area contributed by atoms with Gasteiger partial charge in [-0.05, 0) is 30.4 Å². The minimum absolute atomic E-state index is 0.00438. The number of hydrogen-bond acceptors (Lipinski definition) is 4. The Morgan fingerprint density at radius 2 is 2.21 bits per heavy atom. The summed E-state index contributed by atoms with van der Waals surface area (Å²) in [7, 11) is 0. The van der Waals surface area contributed by atoms with Crippen LogP contribution in [0.1, 0.15) is 41.8 Å². The van der Waals surface area contributed by atoms with Crippen LogP contribution in [-0.4, -0.2) is 45.7 Å². The molecule has 0 saturated carbocycles. The number of carbonyl (C=O) groups excluding carboxylic acids is 1. The maximum absolute atomic E-state index is 13.0. The number of fused-ring (bicyclic) bond motifs is 1. The Labute approximate surface area is 139 Å². The molecule has 7 heteroatoms. The summed E-state index contributed by atoms with van der Waals surface area (Å²) in [6.07, 6.45) is 2.12. The van der Waals surface area contributed by atoms with Gasteiger partial charge >= 0.3 is 5.69 Å². The van der Waals surface area contributed by atoms with E-state index in [2.05, 4.69) is 21.2 Å². The predicted molar refractivity (Wildman–Crippen MR) is 86.6 cm³/mol. The monoisotopic (exact) mass is 328 g/mol. The van der Waals surface area contributed by atoms with Crippen LogP contribution < -0.4 is 5.69 Å². The molecule has 24 heavy (non-hydrogen) atoms. The average molecular weight is 328 g/mol. The van der Waals surface area contributed by atoms with Crippen molar-refractivity contribution in [3.05, 3.63) is 51.7 Å². The normalized spacial score (nSPS) is 23.8. The third kappa shape index (κ3) is 2.75. The molecule has 0 radical (unpaired) electrons. The van der Waals surface area contributed by atoms with Crippen molar-refractivity contribution in [1.82, 2.24) is 20.1 Å². The van der Waals surface area contributed by atoms with E-state index in [-0.39, 0.29) is 17.5 Å². The number of ether oxygens (including phenoxy) is 1. The fraction of sp³-hybridized carbons (Fsp3) is 0.471. The Hall–Kier alpha value is -2.41. The highest BCUT2D eigenvalue weighted by atomic mass is 16.5. The van der Waals surface area contributed by atoms with Crippen molar-refractivity contribution in [3.63, 3.8) is 0 Å². The highest BCUT2D eigenvalue weighted by Gasteiger charge is 2.34. The van der Waals surface area contributed by atoms with E-state index in [4.69, 9.17) is 4.74 Å². The minimum Gasteiger partial charge on any atom is -0.363 e. The van der Waals surface area contributed by atoms with Crippen LogP contribution >= 0.6 is 0 Å². The Kier molecular flexibility index (Phi) is 3.93. The standard InChI is InChI=1S/C17H20N4O3/c22-16(14-13-6-2-1-4-11(13)7-9-24-14)21-8-3-5-12(10-21)15-18-17(23)20-19-15/h1-2,4,6,12,14H,3,5,7-10H2,(H2,18,19,20,23). The van der Waals surface area contributed by atoms with E-state index in [0.29, 0.717) is 25.5 Å². The summed E-state index contributed by atoms with van der Waals surface area (Å²) in [6.45, 7) is 1.84. The molecule has 2 aliphatic heterocycles. The number of hydrogen-bond donors (Lipinski definition) is 2. The van der Waals surface area contributed by atoms with Crippen LogP contribution in [0.25, 0.3) is 0 Å². The highest BCUT2D eigenvalue weighted by Crippen LogP contribution is 2.31. The van der Waals surface area contributed by atoms with E-state index < -0.39 is 6.10 Å². The van der Waals surface area contributed by atoms with E-state index in [1.54, 1.807) is 0 Å². The second-order valence-corrected chi connectivity index (χ2v) is 6.39. The molecule has 2 atom stereocenters. The van der Waals surface area contributed by atoms with Crippen LogP contribution in [0, 0.1) is 0 Å². The van der Waals surface area contributed by atoms with E-state index >= 15 is 0 Å². The summed E-state index contributed by atoms with van der Waals surface area (Å²) in [5.41, 5.74) is 1.86. The zero-order chi connectivity index (χ0) is 16.5. The van der Waals surface area contributed by atoms with Crippen LogP contribution in [0.4, 0.5) is 0 Å². The molecule has 4 rings (SSSR count). The van der Waals surface area contributed by atoms with Gasteiger partial charge in [0, 0.05) is 19.0 Å². The maximum Gasteiger partial charge on any atom is 0.340 e. The number of amides is 1. The van der Waals surface area contributed by atoms with Gasteiger partial charge in [0.1, 0.15) is 5.82 Å². The summed E-state index contributed by atoms with van der Waals surface area (Å²) < 4.78 is 5.79. The second kappa shape index (κ2) is 6.24. The number of aromatic amines is 2. The van der Waals surface area contributed by atoms with Crippen molar-refractivity contribution in [1.29, 1.82) is 0 Å². The smallest absolute Gasteiger partial charge is 0.340 e. The summed E-state index contributed by atoms with van der Waals surface area (Å²) in [4.78, 5) is 28.8. The molecule has 0 aliphatic carbocycles. The Bertz CT molecular complexity index is 797. The molecule has 7 nitrogen and oxygen atoms in total. The number of piperidine rings is 1. The first-order valence-corrected chi connectivity index (χ1v) is 8.35. The van der Waals surface area contributed by atoms with Crippen molar-refractivity contribution in [2.75, 3.05) is 19.7 Å². The van der Waals surface area contributed by atoms with Crippen LogP contribution in [0.3, 0.4) is 0 Å². The molecule has 1 saturated heterocycles. The maximum atomic E-state index is 13.0. The molecule has 2 aromatic rings. The molecular formula is C17H20N4O3. The van der Waals surface area contributed by atoms with Crippen molar-refractivity contribution >= 4 is 5.91 Å². The lowest BCUT2D eigenvalue weighted by Crippen LogP contribution is -2.43. The number of nitrogens with one attached hydrogen (secondary N) is 2. The van der Waals surface area contributed by atoms with Crippen LogP contribution in [-0.2, 0) is 16.0 Å². The van der Waals surface area contributed by atoms with Gasteiger partial charge in [-0.2, -0.15) is 5.10 Å². The summed E-state index contributed by atoms with van der Waals surface area (Å²) in [6, 6.07) is 7.98. The molecule has 0 spiro atoms. The summed E-state index contributed by atoms with van der Waals surface area (Å²) in [5, 5.41) is 6.42. The van der Waals surface area contributed by atoms with Gasteiger partial charge in [0.25, 0.3) is 5.91 Å². The van der Waals surface area contributed by atoms with E-state index in [9.17, 15) is 9.59 Å². The third-order valence-corrected chi connectivity index (χ3v) is 4.86. The molecule has 3 heterocycles. The number of likely N-dealkylation sites (tertiary alicyclic amines) is 1. The molecule has 1 amide bonds. The molecule has 126 valence electrons. The zero-order valence-electron chi connectivity index (χ0n) is 13.3. The Morgan fingerprint density at radius 1 is 1.33 bits per heavy atom.